The molecule has 0 aliphatic heterocycles. The van der Waals surface area contributed by atoms with Crippen molar-refractivity contribution in [2.24, 2.45) is 0 Å². The Bertz CT molecular complexity index is 570. The molecule has 3 heteroatoms. The highest BCUT2D eigenvalue weighted by Gasteiger charge is 2.24. The van der Waals surface area contributed by atoms with Crippen molar-refractivity contribution < 1.29 is 0 Å². The SMILES string of the molecule is Clc1cccc(N[C@@H]2CCCC[C@H]2Nc2ccccc2)c1. The monoisotopic (exact) mass is 300 g/mol. The number of rotatable bonds is 4. The standard InChI is InChI=1S/C18H21ClN2/c19-14-7-6-10-16(13-14)21-18-12-5-4-11-17(18)20-15-8-2-1-3-9-15/h1-3,6-10,13,17-18,20-21H,4-5,11-12H2/t17-,18-/m1/s1. The van der Waals surface area contributed by atoms with Crippen LogP contribution in [0.15, 0.2) is 54.6 Å². The number of nitrogens with one attached hydrogen (secondary N) is 2. The summed E-state index contributed by atoms with van der Waals surface area (Å²) in [4.78, 5) is 0. The van der Waals surface area contributed by atoms with Crippen LogP contribution in [0.2, 0.25) is 5.02 Å². The molecule has 0 radical (unpaired) electrons. The molecule has 0 saturated heterocycles. The van der Waals surface area contributed by atoms with Crippen LogP contribution in [0.25, 0.3) is 0 Å². The number of anilines is 2. The second-order valence-corrected chi connectivity index (χ2v) is 6.10. The molecule has 21 heavy (non-hydrogen) atoms. The van der Waals surface area contributed by atoms with Gasteiger partial charge in [-0.3, -0.25) is 0 Å². The van der Waals surface area contributed by atoms with E-state index >= 15 is 0 Å². The normalized spacial score (nSPS) is 21.8. The molecule has 0 bridgehead atoms. The molecule has 2 aromatic rings. The van der Waals surface area contributed by atoms with Crippen LogP contribution < -0.4 is 10.6 Å². The van der Waals surface area contributed by atoms with Gasteiger partial charge in [-0.2, -0.15) is 0 Å². The van der Waals surface area contributed by atoms with Crippen LogP contribution in [-0.2, 0) is 0 Å². The van der Waals surface area contributed by atoms with Crippen molar-refractivity contribution in [3.8, 4) is 0 Å². The zero-order chi connectivity index (χ0) is 14.5. The third kappa shape index (κ3) is 3.92. The van der Waals surface area contributed by atoms with Crippen LogP contribution in [-0.4, -0.2) is 12.1 Å². The Kier molecular flexibility index (Phi) is 4.66. The lowest BCUT2D eigenvalue weighted by atomic mass is 9.90. The summed E-state index contributed by atoms with van der Waals surface area (Å²) >= 11 is 6.07. The third-order valence-electron chi connectivity index (χ3n) is 4.07. The number of halogens is 1. The van der Waals surface area contributed by atoms with Gasteiger partial charge in [0.25, 0.3) is 0 Å². The average molecular weight is 301 g/mol. The van der Waals surface area contributed by atoms with E-state index in [4.69, 9.17) is 11.6 Å². The summed E-state index contributed by atoms with van der Waals surface area (Å²) in [5.41, 5.74) is 2.30. The number of hydrogen-bond acceptors (Lipinski definition) is 2. The molecule has 0 unspecified atom stereocenters. The summed E-state index contributed by atoms with van der Waals surface area (Å²) in [7, 11) is 0. The van der Waals surface area contributed by atoms with Gasteiger partial charge in [-0.15, -0.1) is 0 Å². The molecule has 0 aromatic heterocycles. The van der Waals surface area contributed by atoms with Crippen molar-refractivity contribution in [1.29, 1.82) is 0 Å². The van der Waals surface area contributed by atoms with E-state index in [2.05, 4.69) is 41.0 Å². The highest BCUT2D eigenvalue weighted by atomic mass is 35.5. The summed E-state index contributed by atoms with van der Waals surface area (Å²) in [5.74, 6) is 0. The summed E-state index contributed by atoms with van der Waals surface area (Å²) < 4.78 is 0. The Labute approximate surface area is 131 Å². The summed E-state index contributed by atoms with van der Waals surface area (Å²) in [6.45, 7) is 0. The average Bonchev–Trinajstić information content (AvgIpc) is 2.50. The van der Waals surface area contributed by atoms with Gasteiger partial charge in [-0.25, -0.2) is 0 Å². The summed E-state index contributed by atoms with van der Waals surface area (Å²) in [6.07, 6.45) is 4.97. The van der Waals surface area contributed by atoms with Gasteiger partial charge in [0.15, 0.2) is 0 Å². The molecular formula is C18H21ClN2. The molecular weight excluding hydrogens is 280 g/mol. The van der Waals surface area contributed by atoms with Crippen LogP contribution in [0.5, 0.6) is 0 Å². The fraction of sp³-hybridized carbons (Fsp3) is 0.333. The zero-order valence-corrected chi connectivity index (χ0v) is 12.8. The number of hydrogen-bond donors (Lipinski definition) is 2. The summed E-state index contributed by atoms with van der Waals surface area (Å²) in [6, 6.07) is 19.3. The highest BCUT2D eigenvalue weighted by Crippen LogP contribution is 2.26. The Morgan fingerprint density at radius 3 is 2.05 bits per heavy atom. The lowest BCUT2D eigenvalue weighted by molar-refractivity contribution is 0.424. The van der Waals surface area contributed by atoms with Gasteiger partial charge >= 0.3 is 0 Å². The van der Waals surface area contributed by atoms with Crippen LogP contribution >= 0.6 is 11.6 Å². The van der Waals surface area contributed by atoms with Crippen molar-refractivity contribution >= 4 is 23.0 Å². The lowest BCUT2D eigenvalue weighted by Gasteiger charge is -2.34. The van der Waals surface area contributed by atoms with Gasteiger partial charge in [-0.05, 0) is 43.2 Å². The van der Waals surface area contributed by atoms with E-state index in [9.17, 15) is 0 Å². The molecule has 110 valence electrons. The fourth-order valence-corrected chi connectivity index (χ4v) is 3.21. The molecule has 1 fully saturated rings. The topological polar surface area (TPSA) is 24.1 Å². The zero-order valence-electron chi connectivity index (χ0n) is 12.1. The molecule has 2 N–H and O–H groups in total. The van der Waals surface area contributed by atoms with E-state index in [-0.39, 0.29) is 0 Å². The Morgan fingerprint density at radius 1 is 0.762 bits per heavy atom. The minimum Gasteiger partial charge on any atom is -0.380 e. The quantitative estimate of drug-likeness (QED) is 0.813. The van der Waals surface area contributed by atoms with E-state index < -0.39 is 0 Å². The molecule has 2 nitrogen and oxygen atoms in total. The molecule has 2 aromatic carbocycles. The van der Waals surface area contributed by atoms with Gasteiger partial charge < -0.3 is 10.6 Å². The van der Waals surface area contributed by atoms with Crippen LogP contribution in [0.3, 0.4) is 0 Å². The first-order valence-corrected chi connectivity index (χ1v) is 8.03. The van der Waals surface area contributed by atoms with Gasteiger partial charge in [0, 0.05) is 28.5 Å². The van der Waals surface area contributed by atoms with Crippen molar-refractivity contribution in [1.82, 2.24) is 0 Å². The minimum absolute atomic E-state index is 0.442. The van der Waals surface area contributed by atoms with Gasteiger partial charge in [0.2, 0.25) is 0 Å². The Hall–Kier alpha value is -1.67. The maximum absolute atomic E-state index is 6.07. The molecule has 3 rings (SSSR count). The predicted octanol–water partition coefficient (Wildman–Crippen LogP) is 5.18. The predicted molar refractivity (Wildman–Crippen MR) is 91.2 cm³/mol. The fourth-order valence-electron chi connectivity index (χ4n) is 3.02. The van der Waals surface area contributed by atoms with Crippen LogP contribution in [0, 0.1) is 0 Å². The lowest BCUT2D eigenvalue weighted by Crippen LogP contribution is -2.41. The smallest absolute Gasteiger partial charge is 0.0462 e. The van der Waals surface area contributed by atoms with Crippen LogP contribution in [0.4, 0.5) is 11.4 Å². The highest BCUT2D eigenvalue weighted by molar-refractivity contribution is 6.30. The third-order valence-corrected chi connectivity index (χ3v) is 4.30. The van der Waals surface area contributed by atoms with Gasteiger partial charge in [0.1, 0.15) is 0 Å². The van der Waals surface area contributed by atoms with E-state index in [1.54, 1.807) is 0 Å². The van der Waals surface area contributed by atoms with E-state index in [0.717, 1.165) is 10.7 Å². The molecule has 0 spiro atoms. The van der Waals surface area contributed by atoms with Gasteiger partial charge in [0.05, 0.1) is 0 Å². The first-order valence-electron chi connectivity index (χ1n) is 7.65. The summed E-state index contributed by atoms with van der Waals surface area (Å²) in [5, 5.41) is 8.10. The Balaban J connectivity index is 1.69. The van der Waals surface area contributed by atoms with Crippen molar-refractivity contribution in [3.63, 3.8) is 0 Å². The second-order valence-electron chi connectivity index (χ2n) is 5.66. The maximum Gasteiger partial charge on any atom is 0.0462 e. The molecule has 0 heterocycles. The van der Waals surface area contributed by atoms with Crippen molar-refractivity contribution in [3.05, 3.63) is 59.6 Å². The number of para-hydroxylation sites is 1. The largest absolute Gasteiger partial charge is 0.380 e. The molecule has 1 aliphatic rings. The van der Waals surface area contributed by atoms with E-state index in [0.29, 0.717) is 12.1 Å². The Morgan fingerprint density at radius 2 is 1.38 bits per heavy atom. The van der Waals surface area contributed by atoms with E-state index in [1.807, 2.05) is 24.3 Å². The van der Waals surface area contributed by atoms with Gasteiger partial charge in [-0.1, -0.05) is 48.7 Å². The molecule has 1 saturated carbocycles. The maximum atomic E-state index is 6.07. The minimum atomic E-state index is 0.442. The first-order chi connectivity index (χ1) is 10.3. The second kappa shape index (κ2) is 6.86. The molecule has 0 amide bonds. The first kappa shape index (κ1) is 14.3. The van der Waals surface area contributed by atoms with E-state index in [1.165, 1.54) is 31.4 Å². The number of benzene rings is 2. The van der Waals surface area contributed by atoms with Crippen LogP contribution in [0.1, 0.15) is 25.7 Å². The molecule has 1 aliphatic carbocycles. The molecule has 2 atom stereocenters. The van der Waals surface area contributed by atoms with Crippen molar-refractivity contribution in [2.45, 2.75) is 37.8 Å². The van der Waals surface area contributed by atoms with Crippen molar-refractivity contribution in [2.75, 3.05) is 10.6 Å².